The van der Waals surface area contributed by atoms with Crippen LogP contribution >= 0.6 is 15.9 Å². The van der Waals surface area contributed by atoms with Gasteiger partial charge in [-0.3, -0.25) is 9.59 Å². The van der Waals surface area contributed by atoms with Gasteiger partial charge < -0.3 is 9.84 Å². The number of halogens is 2. The number of carbonyl (C=O) groups is 2. The van der Waals surface area contributed by atoms with Gasteiger partial charge in [-0.05, 0) is 28.8 Å². The Labute approximate surface area is 87.5 Å². The van der Waals surface area contributed by atoms with Gasteiger partial charge in [0, 0.05) is 0 Å². The maximum atomic E-state index is 13.9. The molecule has 1 unspecified atom stereocenters. The van der Waals surface area contributed by atoms with Crippen molar-refractivity contribution in [1.82, 2.24) is 0 Å². The summed E-state index contributed by atoms with van der Waals surface area (Å²) in [4.78, 5) is 22.0. The molecule has 0 radical (unpaired) electrons. The Balaban J connectivity index is 2.29. The van der Waals surface area contributed by atoms with Crippen LogP contribution in [0.3, 0.4) is 0 Å². The molecule has 14 heavy (non-hydrogen) atoms. The molecule has 78 valence electrons. The predicted octanol–water partition coefficient (Wildman–Crippen LogP) is 1.08. The van der Waals surface area contributed by atoms with Gasteiger partial charge in [0.2, 0.25) is 0 Å². The summed E-state index contributed by atoms with van der Waals surface area (Å²) < 4.78 is 16.2. The minimum atomic E-state index is -2.15. The zero-order chi connectivity index (χ0) is 10.8. The highest BCUT2D eigenvalue weighted by Crippen LogP contribution is 2.83. The summed E-state index contributed by atoms with van der Waals surface area (Å²) in [6.07, 6.45) is 0.0352. The number of alkyl halides is 2. The van der Waals surface area contributed by atoms with Gasteiger partial charge in [0.05, 0.1) is 7.11 Å². The lowest BCUT2D eigenvalue weighted by Gasteiger charge is -2.72. The second kappa shape index (κ2) is 2.29. The first kappa shape index (κ1) is 9.89. The van der Waals surface area contributed by atoms with E-state index >= 15 is 0 Å². The molecule has 2 bridgehead atoms. The normalized spacial score (nSPS) is 48.8. The van der Waals surface area contributed by atoms with Gasteiger partial charge in [0.25, 0.3) is 0 Å². The molecule has 3 saturated carbocycles. The molecular weight excluding hydrogens is 259 g/mol. The summed E-state index contributed by atoms with van der Waals surface area (Å²) >= 11 is 2.69. The molecule has 3 aliphatic rings. The van der Waals surface area contributed by atoms with E-state index in [4.69, 9.17) is 5.11 Å². The molecule has 3 aliphatic carbocycles. The number of esters is 1. The van der Waals surface area contributed by atoms with Crippen LogP contribution in [0.2, 0.25) is 0 Å². The lowest BCUT2D eigenvalue weighted by atomic mass is 9.33. The zero-order valence-electron chi connectivity index (χ0n) is 7.34. The molecular formula is C8H8BrFO4. The minimum absolute atomic E-state index is 0.0176. The Morgan fingerprint density at radius 1 is 1.43 bits per heavy atom. The van der Waals surface area contributed by atoms with Gasteiger partial charge in [0.15, 0.2) is 4.58 Å². The largest absolute Gasteiger partial charge is 0.481 e. The van der Waals surface area contributed by atoms with Crippen molar-refractivity contribution in [3.05, 3.63) is 0 Å². The lowest BCUT2D eigenvalue weighted by Crippen LogP contribution is -2.83. The molecule has 4 nitrogen and oxygen atoms in total. The highest BCUT2D eigenvalue weighted by atomic mass is 79.9. The van der Waals surface area contributed by atoms with Crippen LogP contribution in [0.4, 0.5) is 4.39 Å². The molecule has 0 aromatic rings. The smallest absolute Gasteiger partial charge is 0.316 e. The van der Waals surface area contributed by atoms with Crippen molar-refractivity contribution < 1.29 is 23.8 Å². The second-order valence-electron chi connectivity index (χ2n) is 3.89. The minimum Gasteiger partial charge on any atom is -0.481 e. The SMILES string of the molecule is COC(=O)C12CC(C(=O)O)(C1)C2(F)Br. The fourth-order valence-corrected chi connectivity index (χ4v) is 3.31. The Morgan fingerprint density at radius 3 is 2.21 bits per heavy atom. The Hall–Kier alpha value is -0.650. The van der Waals surface area contributed by atoms with Gasteiger partial charge in [0.1, 0.15) is 10.8 Å². The van der Waals surface area contributed by atoms with Gasteiger partial charge in [-0.15, -0.1) is 0 Å². The van der Waals surface area contributed by atoms with Crippen LogP contribution in [-0.4, -0.2) is 28.7 Å². The molecule has 0 aliphatic heterocycles. The lowest BCUT2D eigenvalue weighted by molar-refractivity contribution is -0.287. The second-order valence-corrected chi connectivity index (χ2v) is 4.98. The highest BCUT2D eigenvalue weighted by molar-refractivity contribution is 9.10. The molecule has 6 heteroatoms. The third kappa shape index (κ3) is 0.647. The van der Waals surface area contributed by atoms with E-state index in [1.807, 2.05) is 0 Å². The Kier molecular flexibility index (Phi) is 1.62. The first-order chi connectivity index (χ1) is 6.34. The van der Waals surface area contributed by atoms with E-state index < -0.39 is 27.3 Å². The third-order valence-electron chi connectivity index (χ3n) is 3.39. The summed E-state index contributed by atoms with van der Waals surface area (Å²) in [6, 6.07) is 0. The van der Waals surface area contributed by atoms with Crippen LogP contribution in [-0.2, 0) is 14.3 Å². The first-order valence-electron chi connectivity index (χ1n) is 4.04. The fraction of sp³-hybridized carbons (Fsp3) is 0.750. The molecule has 0 aromatic carbocycles. The van der Waals surface area contributed by atoms with Crippen molar-refractivity contribution in [3.8, 4) is 0 Å². The van der Waals surface area contributed by atoms with Crippen LogP contribution in [0.5, 0.6) is 0 Å². The number of aliphatic carboxylic acids is 1. The molecule has 0 aromatic heterocycles. The van der Waals surface area contributed by atoms with Crippen LogP contribution in [0, 0.1) is 10.8 Å². The van der Waals surface area contributed by atoms with Crippen molar-refractivity contribution in [2.24, 2.45) is 10.8 Å². The summed E-state index contributed by atoms with van der Waals surface area (Å²) in [7, 11) is 1.17. The number of hydrogen-bond donors (Lipinski definition) is 1. The first-order valence-corrected chi connectivity index (χ1v) is 4.83. The number of ether oxygens (including phenoxy) is 1. The van der Waals surface area contributed by atoms with Crippen LogP contribution in [0.1, 0.15) is 12.8 Å². The Bertz CT molecular complexity index is 332. The molecule has 0 heterocycles. The molecule has 0 amide bonds. The van der Waals surface area contributed by atoms with E-state index in [9.17, 15) is 14.0 Å². The third-order valence-corrected chi connectivity index (χ3v) is 4.91. The number of methoxy groups -OCH3 is 1. The summed E-state index contributed by atoms with van der Waals surface area (Å²) in [5.74, 6) is -1.89. The predicted molar refractivity (Wildman–Crippen MR) is 46.5 cm³/mol. The summed E-state index contributed by atoms with van der Waals surface area (Å²) in [6.45, 7) is 0. The van der Waals surface area contributed by atoms with Gasteiger partial charge >= 0.3 is 11.9 Å². The summed E-state index contributed by atoms with van der Waals surface area (Å²) in [5.41, 5.74) is -2.71. The van der Waals surface area contributed by atoms with Crippen LogP contribution < -0.4 is 0 Å². The molecule has 3 rings (SSSR count). The maximum absolute atomic E-state index is 13.9. The van der Waals surface area contributed by atoms with Gasteiger partial charge in [-0.25, -0.2) is 4.39 Å². The maximum Gasteiger partial charge on any atom is 0.316 e. The molecule has 3 fully saturated rings. The van der Waals surface area contributed by atoms with Crippen LogP contribution in [0.25, 0.3) is 0 Å². The number of rotatable bonds is 2. The topological polar surface area (TPSA) is 63.6 Å². The van der Waals surface area contributed by atoms with Crippen molar-refractivity contribution in [3.63, 3.8) is 0 Å². The van der Waals surface area contributed by atoms with E-state index in [1.54, 1.807) is 0 Å². The highest BCUT2D eigenvalue weighted by Gasteiger charge is 2.92. The van der Waals surface area contributed by atoms with E-state index in [0.717, 1.165) is 0 Å². The van der Waals surface area contributed by atoms with Crippen molar-refractivity contribution >= 4 is 27.9 Å². The number of carboxylic acids is 1. The fourth-order valence-electron chi connectivity index (χ4n) is 2.42. The average Bonchev–Trinajstić information content (AvgIpc) is 2.00. The number of hydrogen-bond acceptors (Lipinski definition) is 3. The zero-order valence-corrected chi connectivity index (χ0v) is 8.93. The number of carbonyl (C=O) groups excluding carboxylic acids is 1. The molecule has 1 N–H and O–H groups in total. The average molecular weight is 267 g/mol. The molecule has 0 spiro atoms. The van der Waals surface area contributed by atoms with Crippen LogP contribution in [0.15, 0.2) is 0 Å². The van der Waals surface area contributed by atoms with Crippen molar-refractivity contribution in [2.45, 2.75) is 17.4 Å². The standard InChI is InChI=1S/C8H8BrFO4/c1-14-5(13)7-2-6(3-7,4(11)12)8(7,9)10/h2-3H2,1H3,(H,11,12). The van der Waals surface area contributed by atoms with Gasteiger partial charge in [-0.2, -0.15) is 0 Å². The monoisotopic (exact) mass is 266 g/mol. The van der Waals surface area contributed by atoms with E-state index in [-0.39, 0.29) is 12.8 Å². The Morgan fingerprint density at radius 2 is 1.93 bits per heavy atom. The van der Waals surface area contributed by atoms with E-state index in [0.29, 0.717) is 0 Å². The molecule has 0 saturated heterocycles. The van der Waals surface area contributed by atoms with Crippen molar-refractivity contribution in [1.29, 1.82) is 0 Å². The quantitative estimate of drug-likeness (QED) is 0.600. The van der Waals surface area contributed by atoms with E-state index in [1.165, 1.54) is 7.11 Å². The van der Waals surface area contributed by atoms with Gasteiger partial charge in [-0.1, -0.05) is 0 Å². The molecule has 1 atom stereocenters. The number of carboxylic acid groups (broad SMARTS) is 1. The van der Waals surface area contributed by atoms with E-state index in [2.05, 4.69) is 20.7 Å². The summed E-state index contributed by atoms with van der Waals surface area (Å²) in [5, 5.41) is 8.81. The van der Waals surface area contributed by atoms with Crippen molar-refractivity contribution in [2.75, 3.05) is 7.11 Å².